The Hall–Kier alpha value is -1.63. The summed E-state index contributed by atoms with van der Waals surface area (Å²) in [6.07, 6.45) is 1.87. The van der Waals surface area contributed by atoms with Gasteiger partial charge in [-0.25, -0.2) is 4.98 Å². The molecule has 0 atom stereocenters. The number of hydrogen-bond acceptors (Lipinski definition) is 4. The fraction of sp³-hybridized carbons (Fsp3) is 0.524. The molecule has 0 unspecified atom stereocenters. The van der Waals surface area contributed by atoms with E-state index in [9.17, 15) is 0 Å². The Bertz CT molecular complexity index is 799. The van der Waals surface area contributed by atoms with Crippen LogP contribution >= 0.6 is 22.9 Å². The lowest BCUT2D eigenvalue weighted by atomic mass is 9.74. The molecular weight excluding hydrogens is 392 g/mol. The Morgan fingerprint density at radius 2 is 2.04 bits per heavy atom. The van der Waals surface area contributed by atoms with Crippen molar-refractivity contribution in [2.45, 2.75) is 44.6 Å². The Kier molecular flexibility index (Phi) is 7.32. The fourth-order valence-electron chi connectivity index (χ4n) is 3.50. The number of nitrogens with one attached hydrogen (secondary N) is 2. The number of halogens is 1. The quantitative estimate of drug-likeness (QED) is 0.539. The minimum absolute atomic E-state index is 0.0553. The lowest BCUT2D eigenvalue weighted by Crippen LogP contribution is -2.48. The third-order valence-electron chi connectivity index (χ3n) is 5.28. The van der Waals surface area contributed by atoms with Crippen LogP contribution in [0.2, 0.25) is 5.02 Å². The summed E-state index contributed by atoms with van der Waals surface area (Å²) in [5.41, 5.74) is 2.27. The van der Waals surface area contributed by atoms with Crippen molar-refractivity contribution in [3.05, 3.63) is 50.9 Å². The van der Waals surface area contributed by atoms with Gasteiger partial charge in [0, 0.05) is 42.6 Å². The van der Waals surface area contributed by atoms with E-state index in [-0.39, 0.29) is 5.41 Å². The molecule has 1 aromatic heterocycles. The summed E-state index contributed by atoms with van der Waals surface area (Å²) >= 11 is 8.23. The third-order valence-corrected chi connectivity index (χ3v) is 6.48. The number of ether oxygens (including phenoxy) is 1. The van der Waals surface area contributed by atoms with Gasteiger partial charge < -0.3 is 15.4 Å². The van der Waals surface area contributed by atoms with Crippen molar-refractivity contribution in [3.8, 4) is 0 Å². The van der Waals surface area contributed by atoms with E-state index in [0.717, 1.165) is 54.3 Å². The van der Waals surface area contributed by atoms with Gasteiger partial charge in [0.05, 0.1) is 12.2 Å². The first-order valence-electron chi connectivity index (χ1n) is 9.75. The van der Waals surface area contributed by atoms with Crippen molar-refractivity contribution < 1.29 is 4.74 Å². The van der Waals surface area contributed by atoms with Gasteiger partial charge in [-0.05, 0) is 30.4 Å². The minimum atomic E-state index is -0.0553. The summed E-state index contributed by atoms with van der Waals surface area (Å²) in [4.78, 5) is 9.06. The van der Waals surface area contributed by atoms with Crippen molar-refractivity contribution >= 4 is 28.9 Å². The highest BCUT2D eigenvalue weighted by molar-refractivity contribution is 7.09. The van der Waals surface area contributed by atoms with Crippen molar-refractivity contribution in [2.75, 3.05) is 26.8 Å². The van der Waals surface area contributed by atoms with E-state index < -0.39 is 0 Å². The first-order valence-corrected chi connectivity index (χ1v) is 11.0. The van der Waals surface area contributed by atoms with E-state index in [1.54, 1.807) is 18.4 Å². The van der Waals surface area contributed by atoms with Crippen molar-refractivity contribution in [1.82, 2.24) is 15.6 Å². The van der Waals surface area contributed by atoms with Crippen LogP contribution in [-0.4, -0.2) is 37.7 Å². The minimum Gasteiger partial charge on any atom is -0.381 e. The molecule has 3 rings (SSSR count). The second-order valence-electron chi connectivity index (χ2n) is 7.47. The molecular formula is C21H29ClN4OS. The van der Waals surface area contributed by atoms with Crippen LogP contribution in [0.25, 0.3) is 0 Å². The van der Waals surface area contributed by atoms with Gasteiger partial charge in [-0.15, -0.1) is 11.3 Å². The van der Waals surface area contributed by atoms with Gasteiger partial charge in [0.15, 0.2) is 5.96 Å². The fourth-order valence-corrected chi connectivity index (χ4v) is 4.73. The molecule has 1 aliphatic heterocycles. The highest BCUT2D eigenvalue weighted by Crippen LogP contribution is 2.38. The van der Waals surface area contributed by atoms with Crippen LogP contribution in [0.1, 0.15) is 48.9 Å². The summed E-state index contributed by atoms with van der Waals surface area (Å²) in [7, 11) is 1.79. The van der Waals surface area contributed by atoms with Crippen LogP contribution in [0.3, 0.4) is 0 Å². The van der Waals surface area contributed by atoms with E-state index in [0.29, 0.717) is 12.5 Å². The number of thiazole rings is 1. The highest BCUT2D eigenvalue weighted by atomic mass is 35.5. The number of guanidine groups is 1. The molecule has 0 saturated carbocycles. The average Bonchev–Trinajstić information content (AvgIpc) is 3.18. The molecule has 2 heterocycles. The summed E-state index contributed by atoms with van der Waals surface area (Å²) in [6, 6.07) is 8.14. The molecule has 1 aromatic carbocycles. The second kappa shape index (κ2) is 9.72. The van der Waals surface area contributed by atoms with Gasteiger partial charge in [-0.3, -0.25) is 4.99 Å². The second-order valence-corrected chi connectivity index (χ2v) is 8.82. The molecule has 0 aliphatic carbocycles. The van der Waals surface area contributed by atoms with E-state index in [1.807, 2.05) is 12.1 Å². The zero-order chi connectivity index (χ0) is 20.0. The smallest absolute Gasteiger partial charge is 0.191 e. The lowest BCUT2D eigenvalue weighted by Gasteiger charge is -2.38. The molecule has 1 fully saturated rings. The maximum Gasteiger partial charge on any atom is 0.191 e. The number of hydrogen-bond donors (Lipinski definition) is 2. The Balaban J connectivity index is 1.65. The first kappa shape index (κ1) is 21.1. The van der Waals surface area contributed by atoms with Crippen molar-refractivity contribution in [1.29, 1.82) is 0 Å². The van der Waals surface area contributed by atoms with E-state index >= 15 is 0 Å². The number of aromatic nitrogens is 1. The van der Waals surface area contributed by atoms with Crippen LogP contribution in [0, 0.1) is 0 Å². The molecule has 0 bridgehead atoms. The molecule has 152 valence electrons. The van der Waals surface area contributed by atoms with E-state index in [4.69, 9.17) is 16.3 Å². The maximum absolute atomic E-state index is 6.54. The largest absolute Gasteiger partial charge is 0.381 e. The number of rotatable bonds is 6. The van der Waals surface area contributed by atoms with Gasteiger partial charge in [0.25, 0.3) is 0 Å². The third kappa shape index (κ3) is 5.04. The Labute approximate surface area is 176 Å². The monoisotopic (exact) mass is 420 g/mol. The standard InChI is InChI=1S/C21H29ClN4OS/c1-15(2)18-13-28-19(26-18)12-24-20(23-3)25-14-21(8-10-27-11-9-21)16-6-4-5-7-17(16)22/h4-7,13,15H,8-12,14H2,1-3H3,(H2,23,24,25). The molecule has 1 saturated heterocycles. The van der Waals surface area contributed by atoms with Crippen LogP contribution in [-0.2, 0) is 16.7 Å². The maximum atomic E-state index is 6.54. The summed E-state index contributed by atoms with van der Waals surface area (Å²) in [5.74, 6) is 1.23. The molecule has 0 radical (unpaired) electrons. The van der Waals surface area contributed by atoms with Crippen LogP contribution in [0.5, 0.6) is 0 Å². The van der Waals surface area contributed by atoms with Crippen LogP contribution in [0.15, 0.2) is 34.6 Å². The zero-order valence-electron chi connectivity index (χ0n) is 16.8. The van der Waals surface area contributed by atoms with Gasteiger partial charge >= 0.3 is 0 Å². The predicted molar refractivity (Wildman–Crippen MR) is 118 cm³/mol. The summed E-state index contributed by atoms with van der Waals surface area (Å²) < 4.78 is 5.62. The molecule has 0 amide bonds. The average molecular weight is 421 g/mol. The normalized spacial score (nSPS) is 17.0. The Morgan fingerprint density at radius 1 is 1.29 bits per heavy atom. The van der Waals surface area contributed by atoms with Crippen LogP contribution in [0.4, 0.5) is 0 Å². The SMILES string of the molecule is CN=C(NCc1nc(C(C)C)cs1)NCC1(c2ccccc2Cl)CCOCC1. The molecule has 1 aliphatic rings. The van der Waals surface area contributed by atoms with Crippen molar-refractivity contribution in [2.24, 2.45) is 4.99 Å². The molecule has 0 spiro atoms. The van der Waals surface area contributed by atoms with Gasteiger partial charge in [-0.2, -0.15) is 0 Å². The molecule has 7 heteroatoms. The first-order chi connectivity index (χ1) is 13.5. The predicted octanol–water partition coefficient (Wildman–Crippen LogP) is 4.33. The molecule has 2 N–H and O–H groups in total. The summed E-state index contributed by atoms with van der Waals surface area (Å²) in [6.45, 7) is 7.24. The topological polar surface area (TPSA) is 58.5 Å². The molecule has 5 nitrogen and oxygen atoms in total. The van der Waals surface area contributed by atoms with E-state index in [2.05, 4.69) is 52.0 Å². The van der Waals surface area contributed by atoms with Gasteiger partial charge in [-0.1, -0.05) is 43.6 Å². The number of benzene rings is 1. The van der Waals surface area contributed by atoms with Gasteiger partial charge in [0.2, 0.25) is 0 Å². The van der Waals surface area contributed by atoms with E-state index in [1.165, 1.54) is 5.56 Å². The zero-order valence-corrected chi connectivity index (χ0v) is 18.4. The molecule has 2 aromatic rings. The van der Waals surface area contributed by atoms with Gasteiger partial charge in [0.1, 0.15) is 5.01 Å². The Morgan fingerprint density at radius 3 is 2.68 bits per heavy atom. The van der Waals surface area contributed by atoms with Crippen LogP contribution < -0.4 is 10.6 Å². The highest BCUT2D eigenvalue weighted by Gasteiger charge is 2.36. The number of aliphatic imine (C=N–C) groups is 1. The number of nitrogens with zero attached hydrogens (tertiary/aromatic N) is 2. The van der Waals surface area contributed by atoms with Crippen molar-refractivity contribution in [3.63, 3.8) is 0 Å². The lowest BCUT2D eigenvalue weighted by molar-refractivity contribution is 0.0514. The summed E-state index contributed by atoms with van der Waals surface area (Å²) in [5, 5.41) is 10.9. The molecule has 28 heavy (non-hydrogen) atoms.